The minimum absolute atomic E-state index is 0.0907. The second-order valence-electron chi connectivity index (χ2n) is 8.62. The van der Waals surface area contributed by atoms with Gasteiger partial charge in [-0.25, -0.2) is 4.98 Å². The maximum Gasteiger partial charge on any atom is 0.256 e. The lowest BCUT2D eigenvalue weighted by molar-refractivity contribution is -0.0938. The highest BCUT2D eigenvalue weighted by Crippen LogP contribution is 2.27. The van der Waals surface area contributed by atoms with Gasteiger partial charge in [0.05, 0.1) is 19.5 Å². The molecular weight excluding hydrogens is 460 g/mol. The summed E-state index contributed by atoms with van der Waals surface area (Å²) in [6, 6.07) is 22.1. The van der Waals surface area contributed by atoms with Crippen molar-refractivity contribution in [2.45, 2.75) is 38.3 Å². The zero-order chi connectivity index (χ0) is 24.3. The SMILES string of the molecule is CCCC[Si](OCC1OCC(n2cnc3c(N)nc(N)nc32)O1)(c1ccccc1)c1ccccc1. The lowest BCUT2D eigenvalue weighted by atomic mass is 10.4. The van der Waals surface area contributed by atoms with E-state index in [1.165, 1.54) is 10.4 Å². The number of nitrogens with two attached hydrogens (primary N) is 2. The lowest BCUT2D eigenvalue weighted by Crippen LogP contribution is -2.61. The van der Waals surface area contributed by atoms with Gasteiger partial charge in [-0.15, -0.1) is 0 Å². The third-order valence-electron chi connectivity index (χ3n) is 6.34. The molecule has 2 unspecified atom stereocenters. The standard InChI is InChI=1S/C25H30N6O3Si/c1-2-3-14-35(18-10-6-4-7-11-18,19-12-8-5-9-13-19)33-16-21-32-15-20(34-21)31-17-28-22-23(26)29-25(27)30-24(22)31/h4-13,17,20-21H,2-3,14-16H2,1H3,(H4,26,27,29,30). The molecule has 35 heavy (non-hydrogen) atoms. The molecule has 4 N–H and O–H groups in total. The Labute approximate surface area is 205 Å². The number of ether oxygens (including phenoxy) is 2. The van der Waals surface area contributed by atoms with Crippen LogP contribution in [0.1, 0.15) is 26.0 Å². The highest BCUT2D eigenvalue weighted by molar-refractivity contribution is 6.97. The summed E-state index contributed by atoms with van der Waals surface area (Å²) in [6.45, 7) is 2.87. The number of fused-ring (bicyclic) bond motifs is 1. The Kier molecular flexibility index (Phi) is 6.78. The molecule has 1 aliphatic rings. The minimum atomic E-state index is -2.52. The van der Waals surface area contributed by atoms with Gasteiger partial charge in [-0.2, -0.15) is 9.97 Å². The molecule has 2 atom stereocenters. The van der Waals surface area contributed by atoms with Crippen LogP contribution in [-0.2, 0) is 13.9 Å². The number of hydrogen-bond donors (Lipinski definition) is 2. The second-order valence-corrected chi connectivity index (χ2v) is 12.2. The number of imidazole rings is 1. The summed E-state index contributed by atoms with van der Waals surface area (Å²) in [4.78, 5) is 12.6. The van der Waals surface area contributed by atoms with Crippen LogP contribution in [0, 0.1) is 0 Å². The van der Waals surface area contributed by atoms with Crippen molar-refractivity contribution in [2.75, 3.05) is 24.7 Å². The molecule has 0 bridgehead atoms. The lowest BCUT2D eigenvalue weighted by Gasteiger charge is -2.33. The van der Waals surface area contributed by atoms with Crippen LogP contribution in [0.4, 0.5) is 11.8 Å². The predicted molar refractivity (Wildman–Crippen MR) is 138 cm³/mol. The average molecular weight is 491 g/mol. The predicted octanol–water partition coefficient (Wildman–Crippen LogP) is 2.44. The van der Waals surface area contributed by atoms with Gasteiger partial charge in [0.2, 0.25) is 5.95 Å². The Morgan fingerprint density at radius 3 is 2.37 bits per heavy atom. The Hall–Kier alpha value is -3.31. The zero-order valence-electron chi connectivity index (χ0n) is 19.7. The third-order valence-corrected chi connectivity index (χ3v) is 10.6. The molecule has 0 aliphatic carbocycles. The molecule has 0 amide bonds. The first-order valence-electron chi connectivity index (χ1n) is 11.9. The summed E-state index contributed by atoms with van der Waals surface area (Å²) in [5, 5.41) is 2.50. The maximum absolute atomic E-state index is 6.88. The Morgan fingerprint density at radius 2 is 1.71 bits per heavy atom. The van der Waals surface area contributed by atoms with E-state index in [0.717, 1.165) is 18.9 Å². The van der Waals surface area contributed by atoms with Crippen molar-refractivity contribution in [2.24, 2.45) is 0 Å². The van der Waals surface area contributed by atoms with Gasteiger partial charge in [0.25, 0.3) is 8.32 Å². The number of rotatable bonds is 9. The number of nitrogens with zero attached hydrogens (tertiary/aromatic N) is 4. The van der Waals surface area contributed by atoms with Gasteiger partial charge in [0, 0.05) is 0 Å². The van der Waals surface area contributed by atoms with Crippen LogP contribution in [0.2, 0.25) is 6.04 Å². The smallest absolute Gasteiger partial charge is 0.256 e. The molecule has 0 radical (unpaired) electrons. The van der Waals surface area contributed by atoms with Crippen molar-refractivity contribution in [3.05, 3.63) is 67.0 Å². The maximum atomic E-state index is 6.88. The summed E-state index contributed by atoms with van der Waals surface area (Å²) in [6.07, 6.45) is 2.87. The van der Waals surface area contributed by atoms with E-state index < -0.39 is 20.8 Å². The first kappa shape index (κ1) is 23.4. The molecule has 1 saturated heterocycles. The fourth-order valence-corrected chi connectivity index (χ4v) is 8.71. The van der Waals surface area contributed by atoms with E-state index in [2.05, 4.69) is 70.4 Å². The molecule has 5 rings (SSSR count). The molecule has 0 saturated carbocycles. The summed E-state index contributed by atoms with van der Waals surface area (Å²) in [7, 11) is -2.52. The fourth-order valence-electron chi connectivity index (χ4n) is 4.59. The Morgan fingerprint density at radius 1 is 1.03 bits per heavy atom. The molecular formula is C25H30N6O3Si. The first-order valence-corrected chi connectivity index (χ1v) is 14.0. The van der Waals surface area contributed by atoms with Gasteiger partial charge >= 0.3 is 0 Å². The molecule has 1 fully saturated rings. The molecule has 2 aromatic heterocycles. The van der Waals surface area contributed by atoms with Crippen molar-refractivity contribution in [1.82, 2.24) is 19.5 Å². The number of benzene rings is 2. The third kappa shape index (κ3) is 4.65. The van der Waals surface area contributed by atoms with Gasteiger partial charge in [0.15, 0.2) is 24.0 Å². The normalized spacial score (nSPS) is 18.3. The highest BCUT2D eigenvalue weighted by atomic mass is 28.4. The largest absolute Gasteiger partial charge is 0.403 e. The zero-order valence-corrected chi connectivity index (χ0v) is 20.7. The molecule has 0 spiro atoms. The number of nitrogen functional groups attached to an aromatic ring is 2. The molecule has 1 aliphatic heterocycles. The van der Waals surface area contributed by atoms with Crippen molar-refractivity contribution >= 4 is 41.6 Å². The van der Waals surface area contributed by atoms with Crippen LogP contribution in [0.3, 0.4) is 0 Å². The number of hydrogen-bond acceptors (Lipinski definition) is 8. The summed E-state index contributed by atoms with van der Waals surface area (Å²) in [5.74, 6) is 0.329. The summed E-state index contributed by atoms with van der Waals surface area (Å²) < 4.78 is 20.9. The fraction of sp³-hybridized carbons (Fsp3) is 0.320. The van der Waals surface area contributed by atoms with Crippen LogP contribution in [0.25, 0.3) is 11.2 Å². The average Bonchev–Trinajstić information content (AvgIpc) is 3.53. The van der Waals surface area contributed by atoms with Crippen LogP contribution in [-0.4, -0.2) is 47.3 Å². The van der Waals surface area contributed by atoms with Gasteiger partial charge in [-0.05, 0) is 16.4 Å². The van der Waals surface area contributed by atoms with E-state index in [-0.39, 0.29) is 11.8 Å². The Balaban J connectivity index is 1.38. The van der Waals surface area contributed by atoms with Gasteiger partial charge < -0.3 is 25.4 Å². The van der Waals surface area contributed by atoms with Crippen molar-refractivity contribution in [3.8, 4) is 0 Å². The number of unbranched alkanes of at least 4 members (excludes halogenated alkanes) is 1. The van der Waals surface area contributed by atoms with Crippen LogP contribution >= 0.6 is 0 Å². The molecule has 4 aromatic rings. The van der Waals surface area contributed by atoms with E-state index in [0.29, 0.717) is 24.4 Å². The van der Waals surface area contributed by atoms with Crippen LogP contribution < -0.4 is 21.8 Å². The quantitative estimate of drug-likeness (QED) is 0.343. The van der Waals surface area contributed by atoms with Crippen molar-refractivity contribution in [1.29, 1.82) is 0 Å². The molecule has 10 heteroatoms. The van der Waals surface area contributed by atoms with Gasteiger partial charge in [0.1, 0.15) is 5.52 Å². The highest BCUT2D eigenvalue weighted by Gasteiger charge is 2.41. The topological polar surface area (TPSA) is 123 Å². The first-order chi connectivity index (χ1) is 17.1. The van der Waals surface area contributed by atoms with E-state index >= 15 is 0 Å². The Bertz CT molecular complexity index is 1230. The summed E-state index contributed by atoms with van der Waals surface area (Å²) >= 11 is 0. The second kappa shape index (κ2) is 10.1. The number of aromatic nitrogens is 4. The van der Waals surface area contributed by atoms with Crippen molar-refractivity contribution < 1.29 is 13.9 Å². The number of anilines is 2. The van der Waals surface area contributed by atoms with Gasteiger partial charge in [-0.1, -0.05) is 80.4 Å². The van der Waals surface area contributed by atoms with Crippen LogP contribution in [0.5, 0.6) is 0 Å². The van der Waals surface area contributed by atoms with Gasteiger partial charge in [-0.3, -0.25) is 4.57 Å². The minimum Gasteiger partial charge on any atom is -0.403 e. The van der Waals surface area contributed by atoms with E-state index in [1.807, 2.05) is 12.1 Å². The molecule has 3 heterocycles. The van der Waals surface area contributed by atoms with E-state index in [4.69, 9.17) is 25.4 Å². The van der Waals surface area contributed by atoms with E-state index in [1.54, 1.807) is 10.9 Å². The molecule has 2 aromatic carbocycles. The monoisotopic (exact) mass is 490 g/mol. The van der Waals surface area contributed by atoms with Crippen molar-refractivity contribution in [3.63, 3.8) is 0 Å². The summed E-state index contributed by atoms with van der Waals surface area (Å²) in [5.41, 5.74) is 12.7. The molecule has 9 nitrogen and oxygen atoms in total. The van der Waals surface area contributed by atoms with E-state index in [9.17, 15) is 0 Å². The molecule has 182 valence electrons. The van der Waals surface area contributed by atoms with Crippen LogP contribution in [0.15, 0.2) is 67.0 Å².